The van der Waals surface area contributed by atoms with Gasteiger partial charge in [0.1, 0.15) is 0 Å². The maximum atomic E-state index is 10.2. The fraction of sp³-hybridized carbons (Fsp3) is 0.375. The molecule has 0 radical (unpaired) electrons. The number of aliphatic carboxylic acids is 1. The lowest BCUT2D eigenvalue weighted by Crippen LogP contribution is -2.11. The average molecular weight is 168 g/mol. The van der Waals surface area contributed by atoms with Gasteiger partial charge in [-0.15, -0.1) is 0 Å². The van der Waals surface area contributed by atoms with Gasteiger partial charge in [0, 0.05) is 24.9 Å². The first-order chi connectivity index (χ1) is 5.70. The van der Waals surface area contributed by atoms with E-state index in [9.17, 15) is 4.79 Å². The quantitative estimate of drug-likeness (QED) is 0.624. The molecular weight excluding hydrogens is 156 g/mol. The van der Waals surface area contributed by atoms with Crippen LogP contribution in [0.2, 0.25) is 0 Å². The van der Waals surface area contributed by atoms with Crippen LogP contribution in [0, 0.1) is 0 Å². The minimum Gasteiger partial charge on any atom is -0.481 e. The van der Waals surface area contributed by atoms with Crippen LogP contribution in [0.4, 0.5) is 0 Å². The minimum absolute atomic E-state index is 0.117. The molecule has 0 aliphatic rings. The number of carbonyl (C=O) groups is 1. The van der Waals surface area contributed by atoms with Crippen LogP contribution in [-0.4, -0.2) is 16.1 Å². The van der Waals surface area contributed by atoms with Gasteiger partial charge >= 0.3 is 5.97 Å². The molecule has 0 saturated carbocycles. The van der Waals surface area contributed by atoms with E-state index in [1.165, 1.54) is 0 Å². The molecule has 0 bridgehead atoms. The van der Waals surface area contributed by atoms with Crippen molar-refractivity contribution in [2.45, 2.75) is 18.9 Å². The van der Waals surface area contributed by atoms with E-state index in [1.54, 1.807) is 12.4 Å². The van der Waals surface area contributed by atoms with Gasteiger partial charge in [0.2, 0.25) is 0 Å². The molecule has 4 nitrogen and oxygen atoms in total. The van der Waals surface area contributed by atoms with E-state index in [0.717, 1.165) is 5.56 Å². The summed E-state index contributed by atoms with van der Waals surface area (Å²) in [6.07, 6.45) is 4.15. The summed E-state index contributed by atoms with van der Waals surface area (Å²) < 4.78 is 0. The highest BCUT2D eigenvalue weighted by Gasteiger charge is 2.07. The monoisotopic (exact) mass is 168 g/mol. The van der Waals surface area contributed by atoms with Gasteiger partial charge < -0.3 is 15.8 Å². The number of nitrogens with two attached hydrogens (primary N) is 1. The van der Waals surface area contributed by atoms with Crippen molar-refractivity contribution in [3.05, 3.63) is 24.0 Å². The molecule has 4 N–H and O–H groups in total. The maximum Gasteiger partial charge on any atom is 0.303 e. The molecule has 66 valence electrons. The minimum atomic E-state index is -0.805. The molecule has 12 heavy (non-hydrogen) atoms. The largest absolute Gasteiger partial charge is 0.481 e. The molecule has 0 spiro atoms. The molecule has 4 heteroatoms. The Morgan fingerprint density at radius 2 is 2.50 bits per heavy atom. The first kappa shape index (κ1) is 8.80. The number of H-pyrrole nitrogens is 1. The highest BCUT2D eigenvalue weighted by atomic mass is 16.4. The number of carboxylic acid groups (broad SMARTS) is 1. The Kier molecular flexibility index (Phi) is 2.88. The van der Waals surface area contributed by atoms with Crippen molar-refractivity contribution in [1.29, 1.82) is 0 Å². The van der Waals surface area contributed by atoms with Crippen LogP contribution >= 0.6 is 0 Å². The Bertz CT molecular complexity index is 244. The normalized spacial score (nSPS) is 12.8. The number of hydrogen-bond donors (Lipinski definition) is 3. The molecule has 1 rings (SSSR count). The standard InChI is InChI=1S/C8H12N2O2/c9-7(1-2-8(11)12)6-3-4-10-5-6/h3-5,7,10H,1-2,9H2,(H,11,12). The van der Waals surface area contributed by atoms with E-state index >= 15 is 0 Å². The van der Waals surface area contributed by atoms with Crippen molar-refractivity contribution in [2.75, 3.05) is 0 Å². The Hall–Kier alpha value is -1.29. The fourth-order valence-electron chi connectivity index (χ4n) is 1.01. The lowest BCUT2D eigenvalue weighted by atomic mass is 10.1. The number of aromatic amines is 1. The smallest absolute Gasteiger partial charge is 0.303 e. The molecule has 0 fully saturated rings. The molecule has 1 heterocycles. The van der Waals surface area contributed by atoms with E-state index in [-0.39, 0.29) is 12.5 Å². The van der Waals surface area contributed by atoms with E-state index < -0.39 is 5.97 Å². The topological polar surface area (TPSA) is 79.1 Å². The summed E-state index contributed by atoms with van der Waals surface area (Å²) in [5.41, 5.74) is 6.66. The predicted molar refractivity (Wildman–Crippen MR) is 44.6 cm³/mol. The number of rotatable bonds is 4. The average Bonchev–Trinajstić information content (AvgIpc) is 2.51. The summed E-state index contributed by atoms with van der Waals surface area (Å²) in [7, 11) is 0. The zero-order chi connectivity index (χ0) is 8.97. The third kappa shape index (κ3) is 2.39. The van der Waals surface area contributed by atoms with Gasteiger partial charge in [-0.3, -0.25) is 4.79 Å². The molecule has 0 amide bonds. The third-order valence-corrected chi connectivity index (χ3v) is 1.72. The summed E-state index contributed by atoms with van der Waals surface area (Å²) in [5, 5.41) is 8.40. The highest BCUT2D eigenvalue weighted by Crippen LogP contribution is 2.14. The Morgan fingerprint density at radius 1 is 1.75 bits per heavy atom. The van der Waals surface area contributed by atoms with Gasteiger partial charge in [0.05, 0.1) is 0 Å². The molecule has 1 aromatic heterocycles. The van der Waals surface area contributed by atoms with E-state index in [0.29, 0.717) is 6.42 Å². The second-order valence-electron chi connectivity index (χ2n) is 2.68. The van der Waals surface area contributed by atoms with Gasteiger partial charge in [-0.25, -0.2) is 0 Å². The second kappa shape index (κ2) is 3.92. The van der Waals surface area contributed by atoms with Crippen LogP contribution in [0.25, 0.3) is 0 Å². The molecule has 0 aliphatic carbocycles. The van der Waals surface area contributed by atoms with Crippen LogP contribution in [0.15, 0.2) is 18.5 Å². The molecular formula is C8H12N2O2. The maximum absolute atomic E-state index is 10.2. The van der Waals surface area contributed by atoms with E-state index in [2.05, 4.69) is 4.98 Å². The van der Waals surface area contributed by atoms with Crippen molar-refractivity contribution >= 4 is 5.97 Å². The van der Waals surface area contributed by atoms with Gasteiger partial charge in [0.25, 0.3) is 0 Å². The molecule has 1 atom stereocenters. The van der Waals surface area contributed by atoms with Gasteiger partial charge in [-0.1, -0.05) is 0 Å². The zero-order valence-corrected chi connectivity index (χ0v) is 6.66. The number of nitrogens with one attached hydrogen (secondary N) is 1. The Balaban J connectivity index is 2.39. The summed E-state index contributed by atoms with van der Waals surface area (Å²) >= 11 is 0. The zero-order valence-electron chi connectivity index (χ0n) is 6.66. The fourth-order valence-corrected chi connectivity index (χ4v) is 1.01. The van der Waals surface area contributed by atoms with E-state index in [1.807, 2.05) is 6.07 Å². The van der Waals surface area contributed by atoms with Crippen molar-refractivity contribution in [3.8, 4) is 0 Å². The molecule has 0 aliphatic heterocycles. The number of carboxylic acids is 1. The molecule has 1 unspecified atom stereocenters. The van der Waals surface area contributed by atoms with Crippen LogP contribution in [0.1, 0.15) is 24.4 Å². The lowest BCUT2D eigenvalue weighted by Gasteiger charge is -2.06. The van der Waals surface area contributed by atoms with Crippen LogP contribution in [0.3, 0.4) is 0 Å². The predicted octanol–water partition coefficient (Wildman–Crippen LogP) is 0.879. The van der Waals surface area contributed by atoms with Gasteiger partial charge in [-0.2, -0.15) is 0 Å². The Morgan fingerprint density at radius 3 is 3.00 bits per heavy atom. The summed E-state index contributed by atoms with van der Waals surface area (Å²) in [6.45, 7) is 0. The summed E-state index contributed by atoms with van der Waals surface area (Å²) in [5.74, 6) is -0.805. The third-order valence-electron chi connectivity index (χ3n) is 1.72. The summed E-state index contributed by atoms with van der Waals surface area (Å²) in [4.78, 5) is 13.1. The van der Waals surface area contributed by atoms with Crippen molar-refractivity contribution in [2.24, 2.45) is 5.73 Å². The van der Waals surface area contributed by atoms with Crippen LogP contribution in [0.5, 0.6) is 0 Å². The first-order valence-electron chi connectivity index (χ1n) is 3.80. The van der Waals surface area contributed by atoms with Crippen molar-refractivity contribution in [1.82, 2.24) is 4.98 Å². The van der Waals surface area contributed by atoms with Crippen LogP contribution in [-0.2, 0) is 4.79 Å². The molecule has 1 aromatic rings. The first-order valence-corrected chi connectivity index (χ1v) is 3.80. The highest BCUT2D eigenvalue weighted by molar-refractivity contribution is 5.66. The van der Waals surface area contributed by atoms with Crippen LogP contribution < -0.4 is 5.73 Å². The van der Waals surface area contributed by atoms with Crippen molar-refractivity contribution in [3.63, 3.8) is 0 Å². The lowest BCUT2D eigenvalue weighted by molar-refractivity contribution is -0.137. The number of hydrogen-bond acceptors (Lipinski definition) is 2. The van der Waals surface area contributed by atoms with Crippen molar-refractivity contribution < 1.29 is 9.90 Å². The Labute approximate surface area is 70.4 Å². The second-order valence-corrected chi connectivity index (χ2v) is 2.68. The SMILES string of the molecule is NC(CCC(=O)O)c1cc[nH]c1. The van der Waals surface area contributed by atoms with Gasteiger partial charge in [-0.05, 0) is 18.1 Å². The van der Waals surface area contributed by atoms with Gasteiger partial charge in [0.15, 0.2) is 0 Å². The molecule has 0 saturated heterocycles. The number of aromatic nitrogens is 1. The van der Waals surface area contributed by atoms with E-state index in [4.69, 9.17) is 10.8 Å². The summed E-state index contributed by atoms with van der Waals surface area (Å²) in [6, 6.07) is 1.68. The molecule has 0 aromatic carbocycles.